The molecule has 1 aliphatic heterocycles. The molecule has 3 rings (SSSR count). The highest BCUT2D eigenvalue weighted by Gasteiger charge is 2.16. The fourth-order valence-corrected chi connectivity index (χ4v) is 2.62. The van der Waals surface area contributed by atoms with E-state index >= 15 is 0 Å². The number of hydrogen-bond donors (Lipinski definition) is 3. The third-order valence-corrected chi connectivity index (χ3v) is 4.37. The lowest BCUT2D eigenvalue weighted by atomic mass is 10.1. The third kappa shape index (κ3) is 4.59. The summed E-state index contributed by atoms with van der Waals surface area (Å²) < 4.78 is 10.4. The predicted octanol–water partition coefficient (Wildman–Crippen LogP) is 1.52. The van der Waals surface area contributed by atoms with E-state index in [0.29, 0.717) is 22.7 Å². The van der Waals surface area contributed by atoms with E-state index in [2.05, 4.69) is 16.0 Å². The van der Waals surface area contributed by atoms with Crippen LogP contribution < -0.4 is 25.4 Å². The van der Waals surface area contributed by atoms with E-state index in [9.17, 15) is 14.4 Å². The van der Waals surface area contributed by atoms with Crippen LogP contribution >= 0.6 is 0 Å². The number of benzene rings is 2. The number of aryl methyl sites for hydroxylation is 1. The molecule has 8 heteroatoms. The Kier molecular flexibility index (Phi) is 5.78. The molecule has 0 saturated heterocycles. The number of rotatable bonds is 6. The molecule has 1 aliphatic rings. The van der Waals surface area contributed by atoms with E-state index in [1.54, 1.807) is 24.3 Å². The molecule has 0 atom stereocenters. The van der Waals surface area contributed by atoms with Gasteiger partial charge in [-0.2, -0.15) is 0 Å². The Hall–Kier alpha value is -3.55. The van der Waals surface area contributed by atoms with Gasteiger partial charge in [0.05, 0.1) is 13.1 Å². The molecule has 28 heavy (non-hydrogen) atoms. The van der Waals surface area contributed by atoms with Gasteiger partial charge in [0.2, 0.25) is 18.6 Å². The first-order valence-electron chi connectivity index (χ1n) is 8.74. The van der Waals surface area contributed by atoms with Gasteiger partial charge in [-0.15, -0.1) is 0 Å². The van der Waals surface area contributed by atoms with Crippen molar-refractivity contribution in [3.8, 4) is 11.5 Å². The molecule has 0 aromatic heterocycles. The number of carbonyl (C=O) groups excluding carboxylic acids is 3. The smallest absolute Gasteiger partial charge is 0.251 e. The van der Waals surface area contributed by atoms with Gasteiger partial charge < -0.3 is 25.4 Å². The Morgan fingerprint density at radius 2 is 1.68 bits per heavy atom. The number of hydrogen-bond acceptors (Lipinski definition) is 5. The highest BCUT2D eigenvalue weighted by atomic mass is 16.7. The standard InChI is InChI=1S/C20H21N3O5/c1-12-4-3-5-15(13(12)2)23-19(25)10-21-18(24)9-22-20(26)14-6-7-16-17(8-14)28-11-27-16/h3-8H,9-11H2,1-2H3,(H,21,24)(H,22,26)(H,23,25). The highest BCUT2D eigenvalue weighted by Crippen LogP contribution is 2.32. The number of anilines is 1. The van der Waals surface area contributed by atoms with E-state index in [0.717, 1.165) is 11.1 Å². The zero-order valence-electron chi connectivity index (χ0n) is 15.6. The van der Waals surface area contributed by atoms with Crippen molar-refractivity contribution in [2.45, 2.75) is 13.8 Å². The number of carbonyl (C=O) groups is 3. The minimum Gasteiger partial charge on any atom is -0.454 e. The second-order valence-corrected chi connectivity index (χ2v) is 6.32. The molecule has 0 unspecified atom stereocenters. The second kappa shape index (κ2) is 8.43. The molecule has 8 nitrogen and oxygen atoms in total. The molecule has 2 aromatic rings. The quantitative estimate of drug-likeness (QED) is 0.701. The molecule has 0 spiro atoms. The average molecular weight is 383 g/mol. The van der Waals surface area contributed by atoms with Gasteiger partial charge in [0.15, 0.2) is 11.5 Å². The fourth-order valence-electron chi connectivity index (χ4n) is 2.62. The number of fused-ring (bicyclic) bond motifs is 1. The first-order valence-corrected chi connectivity index (χ1v) is 8.74. The maximum Gasteiger partial charge on any atom is 0.251 e. The van der Waals surface area contributed by atoms with E-state index in [1.165, 1.54) is 0 Å². The molecule has 0 aliphatic carbocycles. The molecule has 146 valence electrons. The normalized spacial score (nSPS) is 11.6. The first kappa shape index (κ1) is 19.2. The lowest BCUT2D eigenvalue weighted by molar-refractivity contribution is -0.123. The van der Waals surface area contributed by atoms with E-state index in [4.69, 9.17) is 9.47 Å². The van der Waals surface area contributed by atoms with E-state index < -0.39 is 11.8 Å². The minimum atomic E-state index is -0.467. The van der Waals surface area contributed by atoms with Gasteiger partial charge in [-0.05, 0) is 49.2 Å². The van der Waals surface area contributed by atoms with Crippen LogP contribution in [0.2, 0.25) is 0 Å². The van der Waals surface area contributed by atoms with Crippen molar-refractivity contribution in [3.05, 3.63) is 53.1 Å². The van der Waals surface area contributed by atoms with Gasteiger partial charge in [0.1, 0.15) is 0 Å². The van der Waals surface area contributed by atoms with Crippen molar-refractivity contribution in [1.82, 2.24) is 10.6 Å². The molecule has 1 heterocycles. The van der Waals surface area contributed by atoms with Crippen LogP contribution in [0.25, 0.3) is 0 Å². The van der Waals surface area contributed by atoms with Crippen LogP contribution in [0.4, 0.5) is 5.69 Å². The molecular weight excluding hydrogens is 362 g/mol. The maximum absolute atomic E-state index is 12.1. The molecule has 2 aromatic carbocycles. The predicted molar refractivity (Wildman–Crippen MR) is 102 cm³/mol. The van der Waals surface area contributed by atoms with Gasteiger partial charge in [0.25, 0.3) is 5.91 Å². The van der Waals surface area contributed by atoms with Crippen molar-refractivity contribution < 1.29 is 23.9 Å². The van der Waals surface area contributed by atoms with Crippen molar-refractivity contribution >= 4 is 23.4 Å². The summed E-state index contributed by atoms with van der Waals surface area (Å²) in [5, 5.41) is 7.73. The molecule has 0 radical (unpaired) electrons. The minimum absolute atomic E-state index is 0.118. The highest BCUT2D eigenvalue weighted by molar-refractivity contribution is 5.98. The monoisotopic (exact) mass is 383 g/mol. The van der Waals surface area contributed by atoms with Crippen molar-refractivity contribution in [2.75, 3.05) is 25.2 Å². The van der Waals surface area contributed by atoms with Gasteiger partial charge >= 0.3 is 0 Å². The van der Waals surface area contributed by atoms with Crippen molar-refractivity contribution in [2.24, 2.45) is 0 Å². The van der Waals surface area contributed by atoms with E-state index in [-0.39, 0.29) is 25.8 Å². The molecular formula is C20H21N3O5. The molecule has 0 saturated carbocycles. The molecule has 3 N–H and O–H groups in total. The third-order valence-electron chi connectivity index (χ3n) is 4.37. The topological polar surface area (TPSA) is 106 Å². The summed E-state index contributed by atoms with van der Waals surface area (Å²) in [4.78, 5) is 36.0. The maximum atomic E-state index is 12.1. The fraction of sp³-hybridized carbons (Fsp3) is 0.250. The van der Waals surface area contributed by atoms with Gasteiger partial charge in [-0.25, -0.2) is 0 Å². The molecule has 0 fully saturated rings. The van der Waals surface area contributed by atoms with E-state index in [1.807, 2.05) is 26.0 Å². The van der Waals surface area contributed by atoms with Crippen LogP contribution in [0, 0.1) is 13.8 Å². The Bertz CT molecular complexity index is 926. The average Bonchev–Trinajstić information content (AvgIpc) is 3.16. The zero-order valence-corrected chi connectivity index (χ0v) is 15.6. The lowest BCUT2D eigenvalue weighted by Crippen LogP contribution is -2.40. The number of nitrogens with one attached hydrogen (secondary N) is 3. The van der Waals surface area contributed by atoms with Gasteiger partial charge in [0, 0.05) is 11.3 Å². The second-order valence-electron chi connectivity index (χ2n) is 6.32. The van der Waals surface area contributed by atoms with Crippen molar-refractivity contribution in [1.29, 1.82) is 0 Å². The Labute approximate surface area is 162 Å². The summed E-state index contributed by atoms with van der Waals surface area (Å²) in [6, 6.07) is 10.4. The summed E-state index contributed by atoms with van der Waals surface area (Å²) in [6.07, 6.45) is 0. The van der Waals surface area contributed by atoms with Crippen LogP contribution in [0.5, 0.6) is 11.5 Å². The zero-order chi connectivity index (χ0) is 20.1. The van der Waals surface area contributed by atoms with Crippen LogP contribution in [0.3, 0.4) is 0 Å². The van der Waals surface area contributed by atoms with Crippen LogP contribution in [0.1, 0.15) is 21.5 Å². The van der Waals surface area contributed by atoms with Crippen molar-refractivity contribution in [3.63, 3.8) is 0 Å². The SMILES string of the molecule is Cc1cccc(NC(=O)CNC(=O)CNC(=O)c2ccc3c(c2)OCO3)c1C. The summed E-state index contributed by atoms with van der Waals surface area (Å²) in [5.74, 6) is -0.174. The van der Waals surface area contributed by atoms with Crippen LogP contribution in [-0.2, 0) is 9.59 Å². The van der Waals surface area contributed by atoms with Gasteiger partial charge in [-0.3, -0.25) is 14.4 Å². The Morgan fingerprint density at radius 1 is 0.929 bits per heavy atom. The summed E-state index contributed by atoms with van der Waals surface area (Å²) >= 11 is 0. The number of amides is 3. The number of ether oxygens (including phenoxy) is 2. The molecule has 3 amide bonds. The Morgan fingerprint density at radius 3 is 2.50 bits per heavy atom. The largest absolute Gasteiger partial charge is 0.454 e. The Balaban J connectivity index is 1.43. The van der Waals surface area contributed by atoms with Gasteiger partial charge in [-0.1, -0.05) is 12.1 Å². The first-order chi connectivity index (χ1) is 13.4. The summed E-state index contributed by atoms with van der Waals surface area (Å²) in [6.45, 7) is 3.55. The summed E-state index contributed by atoms with van der Waals surface area (Å²) in [7, 11) is 0. The lowest BCUT2D eigenvalue weighted by Gasteiger charge is -2.11. The molecule has 0 bridgehead atoms. The van der Waals surface area contributed by atoms with Crippen LogP contribution in [0.15, 0.2) is 36.4 Å². The summed E-state index contributed by atoms with van der Waals surface area (Å²) in [5.41, 5.74) is 3.09. The van der Waals surface area contributed by atoms with Crippen LogP contribution in [-0.4, -0.2) is 37.6 Å².